The number of hydrogen-bond acceptors (Lipinski definition) is 0. The lowest BCUT2D eigenvalue weighted by molar-refractivity contribution is 0.795. The average Bonchev–Trinajstić information content (AvgIpc) is 3.74. The van der Waals surface area contributed by atoms with Crippen LogP contribution in [0, 0.1) is 0 Å². The first kappa shape index (κ1) is 23.5. The van der Waals surface area contributed by atoms with Crippen LogP contribution in [-0.2, 0) is 5.41 Å². The maximum absolute atomic E-state index is 3.79. The number of para-hydroxylation sites is 1. The van der Waals surface area contributed by atoms with E-state index in [1.165, 1.54) is 109 Å². The fourth-order valence-electron chi connectivity index (χ4n) is 9.76. The number of rotatable bonds is 0. The molecule has 1 nitrogen and oxygen atoms in total. The lowest BCUT2D eigenvalue weighted by Crippen LogP contribution is -2.25. The van der Waals surface area contributed by atoms with Crippen molar-refractivity contribution in [2.75, 3.05) is 0 Å². The molecule has 0 unspecified atom stereocenters. The van der Waals surface area contributed by atoms with Gasteiger partial charge in [0.15, 0.2) is 0 Å². The van der Waals surface area contributed by atoms with Crippen molar-refractivity contribution < 1.29 is 0 Å². The molecular formula is C45H25N. The molecule has 0 radical (unpaired) electrons. The van der Waals surface area contributed by atoms with Gasteiger partial charge in [0.1, 0.15) is 0 Å². The van der Waals surface area contributed by atoms with Crippen molar-refractivity contribution in [3.8, 4) is 22.3 Å². The van der Waals surface area contributed by atoms with Crippen LogP contribution in [0.3, 0.4) is 0 Å². The van der Waals surface area contributed by atoms with E-state index >= 15 is 0 Å². The summed E-state index contributed by atoms with van der Waals surface area (Å²) in [5.74, 6) is 0. The van der Waals surface area contributed by atoms with Gasteiger partial charge in [0.25, 0.3) is 0 Å². The number of nitrogens with one attached hydrogen (secondary N) is 1. The van der Waals surface area contributed by atoms with Gasteiger partial charge >= 0.3 is 0 Å². The third-order valence-electron chi connectivity index (χ3n) is 11.3. The van der Waals surface area contributed by atoms with Crippen molar-refractivity contribution in [2.24, 2.45) is 0 Å². The molecule has 10 aromatic rings. The molecule has 0 aliphatic heterocycles. The molecule has 9 aromatic carbocycles. The minimum absolute atomic E-state index is 0.374. The van der Waals surface area contributed by atoms with Gasteiger partial charge in [0.2, 0.25) is 0 Å². The Labute approximate surface area is 264 Å². The van der Waals surface area contributed by atoms with Crippen LogP contribution in [0.4, 0.5) is 0 Å². The summed E-state index contributed by atoms with van der Waals surface area (Å²) < 4.78 is 0. The highest BCUT2D eigenvalue weighted by molar-refractivity contribution is 6.39. The van der Waals surface area contributed by atoms with E-state index in [1.807, 2.05) is 0 Å². The standard InChI is InChI=1S/C45H25N/c1-5-19-35-25(11-1)26-12-2-6-20-36(26)45(35)37-21-7-3-13-29(37)43-31-17-9-15-27-28-16-10-18-32-42(28)34(33(41(27)31)23-38(43)45)24-40-44(32)30-14-4-8-22-39(30)46-40/h1-24,46H. The largest absolute Gasteiger partial charge is 0.354 e. The maximum atomic E-state index is 3.79. The van der Waals surface area contributed by atoms with Crippen molar-refractivity contribution in [3.05, 3.63) is 168 Å². The fourth-order valence-corrected chi connectivity index (χ4v) is 9.76. The number of fused-ring (bicyclic) bond motifs is 17. The minimum atomic E-state index is -0.374. The first-order valence-electron chi connectivity index (χ1n) is 16.2. The Morgan fingerprint density at radius 1 is 0.326 bits per heavy atom. The number of aromatic amines is 1. The topological polar surface area (TPSA) is 15.8 Å². The second kappa shape index (κ2) is 7.83. The molecule has 46 heavy (non-hydrogen) atoms. The molecule has 1 heteroatoms. The van der Waals surface area contributed by atoms with Gasteiger partial charge in [-0.15, -0.1) is 0 Å². The van der Waals surface area contributed by atoms with Gasteiger partial charge in [-0.25, -0.2) is 0 Å². The molecule has 0 saturated heterocycles. The van der Waals surface area contributed by atoms with E-state index in [9.17, 15) is 0 Å². The summed E-state index contributed by atoms with van der Waals surface area (Å²) in [4.78, 5) is 3.79. The molecule has 0 atom stereocenters. The lowest BCUT2D eigenvalue weighted by atomic mass is 9.70. The highest BCUT2D eigenvalue weighted by Gasteiger charge is 2.52. The number of H-pyrrole nitrogens is 1. The Bertz CT molecular complexity index is 2930. The number of hydrogen-bond donors (Lipinski definition) is 1. The molecule has 2 aliphatic carbocycles. The van der Waals surface area contributed by atoms with Gasteiger partial charge in [-0.3, -0.25) is 0 Å². The van der Waals surface area contributed by atoms with Crippen molar-refractivity contribution >= 4 is 64.9 Å². The third kappa shape index (κ3) is 2.45. The SMILES string of the molecule is c1ccc2c(c1)-c1ccccc1C21c2ccccc2-c2c1cc1c3cc4[nH]c5ccccc5c4c4cccc(c5cccc2c51)c34. The molecule has 0 saturated carbocycles. The molecule has 1 N–H and O–H groups in total. The zero-order valence-electron chi connectivity index (χ0n) is 24.9. The van der Waals surface area contributed by atoms with E-state index in [0.717, 1.165) is 0 Å². The first-order chi connectivity index (χ1) is 22.8. The third-order valence-corrected chi connectivity index (χ3v) is 11.3. The number of benzene rings is 9. The normalized spacial score (nSPS) is 14.3. The highest BCUT2D eigenvalue weighted by Crippen LogP contribution is 2.64. The minimum Gasteiger partial charge on any atom is -0.354 e. The van der Waals surface area contributed by atoms with Gasteiger partial charge in [-0.05, 0) is 106 Å². The molecule has 1 spiro atoms. The smallest absolute Gasteiger partial charge is 0.0725 e. The average molecular weight is 580 g/mol. The summed E-state index contributed by atoms with van der Waals surface area (Å²) in [7, 11) is 0. The van der Waals surface area contributed by atoms with Gasteiger partial charge in [-0.1, -0.05) is 127 Å². The van der Waals surface area contributed by atoms with E-state index in [1.54, 1.807) is 0 Å². The van der Waals surface area contributed by atoms with Crippen molar-refractivity contribution in [1.29, 1.82) is 0 Å². The lowest BCUT2D eigenvalue weighted by Gasteiger charge is -2.31. The predicted molar refractivity (Wildman–Crippen MR) is 193 cm³/mol. The van der Waals surface area contributed by atoms with Crippen molar-refractivity contribution in [1.82, 2.24) is 4.98 Å². The molecule has 0 fully saturated rings. The van der Waals surface area contributed by atoms with Crippen LogP contribution in [0.15, 0.2) is 146 Å². The summed E-state index contributed by atoms with van der Waals surface area (Å²) in [6.45, 7) is 0. The van der Waals surface area contributed by atoms with Crippen molar-refractivity contribution in [2.45, 2.75) is 5.41 Å². The molecule has 210 valence electrons. The summed E-state index contributed by atoms with van der Waals surface area (Å²) in [5.41, 5.74) is 13.0. The summed E-state index contributed by atoms with van der Waals surface area (Å²) in [5, 5.41) is 13.3. The molecule has 1 heterocycles. The van der Waals surface area contributed by atoms with E-state index in [4.69, 9.17) is 0 Å². The maximum Gasteiger partial charge on any atom is 0.0725 e. The number of aromatic nitrogens is 1. The molecule has 0 amide bonds. The summed E-state index contributed by atoms with van der Waals surface area (Å²) >= 11 is 0. The summed E-state index contributed by atoms with van der Waals surface area (Å²) in [6.07, 6.45) is 0. The van der Waals surface area contributed by atoms with Crippen LogP contribution in [0.2, 0.25) is 0 Å². The molecule has 0 bridgehead atoms. The van der Waals surface area contributed by atoms with Gasteiger partial charge < -0.3 is 4.98 Å². The Morgan fingerprint density at radius 3 is 1.59 bits per heavy atom. The van der Waals surface area contributed by atoms with E-state index in [0.29, 0.717) is 0 Å². The van der Waals surface area contributed by atoms with E-state index in [-0.39, 0.29) is 5.41 Å². The summed E-state index contributed by atoms with van der Waals surface area (Å²) in [6, 6.07) is 55.0. The van der Waals surface area contributed by atoms with Crippen LogP contribution in [0.25, 0.3) is 87.1 Å². The fraction of sp³-hybridized carbons (Fsp3) is 0.0222. The van der Waals surface area contributed by atoms with Crippen LogP contribution in [0.1, 0.15) is 22.3 Å². The van der Waals surface area contributed by atoms with E-state index < -0.39 is 0 Å². The molecular weight excluding hydrogens is 555 g/mol. The molecule has 1 aromatic heterocycles. The van der Waals surface area contributed by atoms with Crippen LogP contribution in [0.5, 0.6) is 0 Å². The quantitative estimate of drug-likeness (QED) is 0.136. The predicted octanol–water partition coefficient (Wildman–Crippen LogP) is 11.7. The second-order valence-corrected chi connectivity index (χ2v) is 13.2. The van der Waals surface area contributed by atoms with Crippen LogP contribution in [-0.4, -0.2) is 4.98 Å². The van der Waals surface area contributed by atoms with Crippen LogP contribution < -0.4 is 0 Å². The zero-order valence-corrected chi connectivity index (χ0v) is 24.9. The Kier molecular flexibility index (Phi) is 3.99. The monoisotopic (exact) mass is 579 g/mol. The Balaban J connectivity index is 1.36. The Morgan fingerprint density at radius 2 is 0.848 bits per heavy atom. The molecule has 12 rings (SSSR count). The van der Waals surface area contributed by atoms with Gasteiger partial charge in [0.05, 0.1) is 5.41 Å². The second-order valence-electron chi connectivity index (χ2n) is 13.2. The zero-order chi connectivity index (χ0) is 29.7. The van der Waals surface area contributed by atoms with Crippen molar-refractivity contribution in [3.63, 3.8) is 0 Å². The first-order valence-corrected chi connectivity index (χ1v) is 16.2. The Hall–Kier alpha value is -5.92. The van der Waals surface area contributed by atoms with Gasteiger partial charge in [-0.2, -0.15) is 0 Å². The van der Waals surface area contributed by atoms with E-state index in [2.05, 4.69) is 151 Å². The van der Waals surface area contributed by atoms with Crippen LogP contribution >= 0.6 is 0 Å². The molecule has 2 aliphatic rings. The highest BCUT2D eigenvalue weighted by atomic mass is 14.7. The van der Waals surface area contributed by atoms with Gasteiger partial charge in [0, 0.05) is 21.8 Å².